The van der Waals surface area contributed by atoms with Gasteiger partial charge in [-0.15, -0.1) is 0 Å². The summed E-state index contributed by atoms with van der Waals surface area (Å²) < 4.78 is 18.9. The minimum atomic E-state index is -1.04. The van der Waals surface area contributed by atoms with Gasteiger partial charge in [-0.2, -0.15) is 0 Å². The summed E-state index contributed by atoms with van der Waals surface area (Å²) in [7, 11) is 1.30. The van der Waals surface area contributed by atoms with Crippen LogP contribution in [0.3, 0.4) is 0 Å². The van der Waals surface area contributed by atoms with Gasteiger partial charge in [0.25, 0.3) is 0 Å². The molecular formula is C12H16BClFO2. The third-order valence-corrected chi connectivity index (χ3v) is 3.15. The molecule has 1 aromatic carbocycles. The fraction of sp³-hybridized carbons (Fsp3) is 0.500. The smallest absolute Gasteiger partial charge is 0.333 e. The van der Waals surface area contributed by atoms with Crippen molar-refractivity contribution in [2.45, 2.75) is 38.9 Å². The number of aliphatic hydroxyl groups is 1. The highest BCUT2D eigenvalue weighted by Gasteiger charge is 2.35. The van der Waals surface area contributed by atoms with Gasteiger partial charge in [-0.25, -0.2) is 4.39 Å². The SMILES string of the molecule is CC(C)(O)C(C)(C)O[B]c1ccc(Cl)cc1F. The first-order valence-corrected chi connectivity index (χ1v) is 5.70. The first-order valence-electron chi connectivity index (χ1n) is 5.32. The summed E-state index contributed by atoms with van der Waals surface area (Å²) in [6.07, 6.45) is 0. The van der Waals surface area contributed by atoms with Crippen LogP contribution in [-0.2, 0) is 4.65 Å². The van der Waals surface area contributed by atoms with Crippen molar-refractivity contribution in [2.24, 2.45) is 0 Å². The molecule has 0 amide bonds. The van der Waals surface area contributed by atoms with E-state index in [0.717, 1.165) is 0 Å². The maximum absolute atomic E-state index is 13.5. The van der Waals surface area contributed by atoms with E-state index in [2.05, 4.69) is 0 Å². The molecule has 0 saturated heterocycles. The van der Waals surface area contributed by atoms with Gasteiger partial charge in [0, 0.05) is 5.02 Å². The average Bonchev–Trinajstić information content (AvgIpc) is 2.14. The summed E-state index contributed by atoms with van der Waals surface area (Å²) in [5, 5.41) is 10.2. The quantitative estimate of drug-likeness (QED) is 0.839. The van der Waals surface area contributed by atoms with Crippen LogP contribution < -0.4 is 5.46 Å². The molecule has 0 aromatic heterocycles. The van der Waals surface area contributed by atoms with Crippen molar-refractivity contribution < 1.29 is 14.2 Å². The van der Waals surface area contributed by atoms with Crippen LogP contribution in [-0.4, -0.2) is 23.8 Å². The zero-order chi connectivity index (χ0) is 13.3. The predicted molar refractivity (Wildman–Crippen MR) is 68.3 cm³/mol. The van der Waals surface area contributed by atoms with Crippen LogP contribution in [0, 0.1) is 5.82 Å². The molecule has 0 fully saturated rings. The maximum Gasteiger partial charge on any atom is 0.333 e. The van der Waals surface area contributed by atoms with E-state index in [0.29, 0.717) is 10.5 Å². The Morgan fingerprint density at radius 2 is 1.88 bits per heavy atom. The second kappa shape index (κ2) is 4.97. The summed E-state index contributed by atoms with van der Waals surface area (Å²) in [5.41, 5.74) is -1.56. The molecular weight excluding hydrogens is 241 g/mol. The van der Waals surface area contributed by atoms with Gasteiger partial charge in [0.2, 0.25) is 0 Å². The van der Waals surface area contributed by atoms with Crippen molar-refractivity contribution in [2.75, 3.05) is 0 Å². The minimum absolute atomic E-state index is 0.298. The van der Waals surface area contributed by atoms with Gasteiger partial charge in [0.15, 0.2) is 0 Å². The Balaban J connectivity index is 2.74. The number of halogens is 2. The Labute approximate surface area is 107 Å². The van der Waals surface area contributed by atoms with Gasteiger partial charge >= 0.3 is 7.48 Å². The zero-order valence-corrected chi connectivity index (χ0v) is 11.2. The van der Waals surface area contributed by atoms with E-state index in [1.807, 2.05) is 0 Å². The van der Waals surface area contributed by atoms with Gasteiger partial charge < -0.3 is 9.76 Å². The van der Waals surface area contributed by atoms with Crippen molar-refractivity contribution in [3.05, 3.63) is 29.0 Å². The number of rotatable bonds is 4. The van der Waals surface area contributed by atoms with Crippen molar-refractivity contribution in [3.63, 3.8) is 0 Å². The van der Waals surface area contributed by atoms with Crippen molar-refractivity contribution in [1.29, 1.82) is 0 Å². The fourth-order valence-corrected chi connectivity index (χ4v) is 1.11. The Bertz CT molecular complexity index is 402. The maximum atomic E-state index is 13.5. The first kappa shape index (κ1) is 14.5. The standard InChI is InChI=1S/C12H16BClFO2/c1-11(2,16)12(3,4)17-13-9-6-5-8(14)7-10(9)15/h5-7,16H,1-4H3. The van der Waals surface area contributed by atoms with Crippen LogP contribution in [0.2, 0.25) is 5.02 Å². The summed E-state index contributed by atoms with van der Waals surface area (Å²) in [6.45, 7) is 6.74. The van der Waals surface area contributed by atoms with E-state index in [9.17, 15) is 9.50 Å². The lowest BCUT2D eigenvalue weighted by atomic mass is 9.82. The Kier molecular flexibility index (Phi) is 4.23. The van der Waals surface area contributed by atoms with E-state index in [4.69, 9.17) is 16.3 Å². The fourth-order valence-electron chi connectivity index (χ4n) is 0.952. The monoisotopic (exact) mass is 257 g/mol. The third kappa shape index (κ3) is 3.70. The molecule has 93 valence electrons. The van der Waals surface area contributed by atoms with Gasteiger partial charge in [-0.1, -0.05) is 17.7 Å². The highest BCUT2D eigenvalue weighted by atomic mass is 35.5. The third-order valence-electron chi connectivity index (χ3n) is 2.92. The molecule has 0 bridgehead atoms. The van der Waals surface area contributed by atoms with E-state index < -0.39 is 17.0 Å². The van der Waals surface area contributed by atoms with Gasteiger partial charge in [-0.3, -0.25) is 0 Å². The topological polar surface area (TPSA) is 29.5 Å². The molecule has 1 rings (SSSR count). The first-order chi connectivity index (χ1) is 7.63. The zero-order valence-electron chi connectivity index (χ0n) is 10.4. The number of benzene rings is 1. The van der Waals surface area contributed by atoms with Gasteiger partial charge in [0.1, 0.15) is 5.82 Å². The second-order valence-electron chi connectivity index (χ2n) is 4.97. The number of hydrogen-bond donors (Lipinski definition) is 1. The molecule has 17 heavy (non-hydrogen) atoms. The molecule has 0 atom stereocenters. The largest absolute Gasteiger partial charge is 0.427 e. The molecule has 1 aromatic rings. The molecule has 1 radical (unpaired) electrons. The van der Waals surface area contributed by atoms with Crippen LogP contribution in [0.4, 0.5) is 4.39 Å². The van der Waals surface area contributed by atoms with Crippen molar-refractivity contribution >= 4 is 24.5 Å². The van der Waals surface area contributed by atoms with Crippen LogP contribution in [0.1, 0.15) is 27.7 Å². The predicted octanol–water partition coefficient (Wildman–Crippen LogP) is 2.29. The second-order valence-corrected chi connectivity index (χ2v) is 5.41. The van der Waals surface area contributed by atoms with Crippen LogP contribution >= 0.6 is 11.6 Å². The lowest BCUT2D eigenvalue weighted by molar-refractivity contribution is -0.0893. The molecule has 1 N–H and O–H groups in total. The highest BCUT2D eigenvalue weighted by molar-refractivity contribution is 6.47. The van der Waals surface area contributed by atoms with Crippen LogP contribution in [0.25, 0.3) is 0 Å². The van der Waals surface area contributed by atoms with Crippen LogP contribution in [0.5, 0.6) is 0 Å². The highest BCUT2D eigenvalue weighted by Crippen LogP contribution is 2.24. The lowest BCUT2D eigenvalue weighted by Gasteiger charge is -2.37. The molecule has 0 saturated carbocycles. The van der Waals surface area contributed by atoms with E-state index in [-0.39, 0.29) is 0 Å². The van der Waals surface area contributed by atoms with E-state index >= 15 is 0 Å². The molecule has 0 heterocycles. The van der Waals surface area contributed by atoms with Gasteiger partial charge in [0.05, 0.1) is 11.2 Å². The molecule has 0 spiro atoms. The summed E-state index contributed by atoms with van der Waals surface area (Å²) in [6, 6.07) is 4.32. The summed E-state index contributed by atoms with van der Waals surface area (Å²) >= 11 is 5.64. The normalized spacial score (nSPS) is 12.6. The summed E-state index contributed by atoms with van der Waals surface area (Å²) in [4.78, 5) is 0. The molecule has 5 heteroatoms. The minimum Gasteiger partial charge on any atom is -0.427 e. The van der Waals surface area contributed by atoms with E-state index in [1.54, 1.807) is 33.8 Å². The molecule has 2 nitrogen and oxygen atoms in total. The van der Waals surface area contributed by atoms with Crippen LogP contribution in [0.15, 0.2) is 18.2 Å². The Morgan fingerprint density at radius 1 is 1.29 bits per heavy atom. The van der Waals surface area contributed by atoms with E-state index in [1.165, 1.54) is 19.6 Å². The molecule has 0 aliphatic carbocycles. The molecule has 0 aliphatic rings. The van der Waals surface area contributed by atoms with Crippen molar-refractivity contribution in [3.8, 4) is 0 Å². The Morgan fingerprint density at radius 3 is 2.35 bits per heavy atom. The summed E-state index contributed by atoms with van der Waals surface area (Å²) in [5.74, 6) is -0.455. The lowest BCUT2D eigenvalue weighted by Crippen LogP contribution is -2.49. The number of hydrogen-bond acceptors (Lipinski definition) is 2. The van der Waals surface area contributed by atoms with Crippen molar-refractivity contribution in [1.82, 2.24) is 0 Å². The molecule has 0 unspecified atom stereocenters. The molecule has 0 aliphatic heterocycles. The Hall–Kier alpha value is -0.575. The van der Waals surface area contributed by atoms with Gasteiger partial charge in [-0.05, 0) is 45.3 Å². The average molecular weight is 258 g/mol.